The van der Waals surface area contributed by atoms with E-state index in [2.05, 4.69) is 18.2 Å². The van der Waals surface area contributed by atoms with Crippen molar-refractivity contribution in [3.05, 3.63) is 65.7 Å². The Morgan fingerprint density at radius 3 is 2.48 bits per heavy atom. The molecule has 3 heteroatoms. The molecule has 2 unspecified atom stereocenters. The Labute approximate surface area is 125 Å². The van der Waals surface area contributed by atoms with Crippen molar-refractivity contribution >= 4 is 11.6 Å². The predicted octanol–water partition coefficient (Wildman–Crippen LogP) is 2.90. The Morgan fingerprint density at radius 2 is 1.76 bits per heavy atom. The zero-order chi connectivity index (χ0) is 14.8. The lowest BCUT2D eigenvalue weighted by Gasteiger charge is -2.23. The Hall–Kier alpha value is -2.13. The van der Waals surface area contributed by atoms with Gasteiger partial charge in [-0.25, -0.2) is 0 Å². The van der Waals surface area contributed by atoms with Crippen molar-refractivity contribution in [2.75, 3.05) is 11.4 Å². The van der Waals surface area contributed by atoms with Crippen molar-refractivity contribution in [2.45, 2.75) is 25.3 Å². The van der Waals surface area contributed by atoms with E-state index < -0.39 is 6.04 Å². The normalized spacial score (nSPS) is 21.8. The van der Waals surface area contributed by atoms with Crippen LogP contribution in [0.25, 0.3) is 0 Å². The number of nitrogens with zero attached hydrogens (tertiary/aromatic N) is 1. The molecule has 0 fully saturated rings. The number of carbonyl (C=O) groups excluding carboxylic acids is 1. The van der Waals surface area contributed by atoms with Gasteiger partial charge >= 0.3 is 0 Å². The van der Waals surface area contributed by atoms with Gasteiger partial charge in [-0.1, -0.05) is 48.5 Å². The number of nitrogens with two attached hydrogens (primary N) is 1. The van der Waals surface area contributed by atoms with Gasteiger partial charge in [-0.3, -0.25) is 4.79 Å². The first-order chi connectivity index (χ1) is 10.2. The third-order valence-corrected chi connectivity index (χ3v) is 4.19. The number of fused-ring (bicyclic) bond motifs is 1. The topological polar surface area (TPSA) is 46.3 Å². The summed E-state index contributed by atoms with van der Waals surface area (Å²) in [6, 6.07) is 18.0. The van der Waals surface area contributed by atoms with E-state index in [1.54, 1.807) is 0 Å². The molecular formula is C18H20N2O. The van der Waals surface area contributed by atoms with Crippen molar-refractivity contribution in [1.29, 1.82) is 0 Å². The lowest BCUT2D eigenvalue weighted by Crippen LogP contribution is -2.43. The Kier molecular flexibility index (Phi) is 3.76. The zero-order valence-corrected chi connectivity index (χ0v) is 12.2. The summed E-state index contributed by atoms with van der Waals surface area (Å²) < 4.78 is 0. The molecule has 2 aromatic carbocycles. The quantitative estimate of drug-likeness (QED) is 0.919. The fraction of sp³-hybridized carbons (Fsp3) is 0.278. The molecular weight excluding hydrogens is 260 g/mol. The van der Waals surface area contributed by atoms with Gasteiger partial charge in [0.1, 0.15) is 0 Å². The first-order valence-corrected chi connectivity index (χ1v) is 7.43. The van der Waals surface area contributed by atoms with Gasteiger partial charge in [0, 0.05) is 18.2 Å². The van der Waals surface area contributed by atoms with Crippen LogP contribution in [0.1, 0.15) is 30.4 Å². The molecule has 108 valence electrons. The third-order valence-electron chi connectivity index (χ3n) is 4.19. The maximum absolute atomic E-state index is 12.5. The number of para-hydroxylation sites is 1. The molecule has 0 saturated carbocycles. The van der Waals surface area contributed by atoms with Crippen LogP contribution in [0.2, 0.25) is 0 Å². The van der Waals surface area contributed by atoms with Crippen molar-refractivity contribution in [1.82, 2.24) is 0 Å². The zero-order valence-electron chi connectivity index (χ0n) is 12.2. The Balaban J connectivity index is 2.15. The molecule has 0 aromatic heterocycles. The van der Waals surface area contributed by atoms with Crippen molar-refractivity contribution in [3.63, 3.8) is 0 Å². The molecule has 21 heavy (non-hydrogen) atoms. The molecule has 1 heterocycles. The summed E-state index contributed by atoms with van der Waals surface area (Å²) in [5.74, 6) is 0.182. The fourth-order valence-electron chi connectivity index (χ4n) is 3.16. The molecule has 3 nitrogen and oxygen atoms in total. The number of carbonyl (C=O) groups is 1. The van der Waals surface area contributed by atoms with E-state index in [0.717, 1.165) is 5.69 Å². The highest BCUT2D eigenvalue weighted by atomic mass is 16.2. The number of rotatable bonds is 2. The van der Waals surface area contributed by atoms with E-state index in [1.165, 1.54) is 11.1 Å². The van der Waals surface area contributed by atoms with Crippen LogP contribution in [0.4, 0.5) is 5.69 Å². The highest BCUT2D eigenvalue weighted by Gasteiger charge is 2.32. The molecule has 0 aliphatic carbocycles. The minimum atomic E-state index is -0.456. The lowest BCUT2D eigenvalue weighted by molar-refractivity contribution is -0.119. The first kappa shape index (κ1) is 13.8. The van der Waals surface area contributed by atoms with Crippen LogP contribution >= 0.6 is 0 Å². The molecule has 2 atom stereocenters. The second-order valence-electron chi connectivity index (χ2n) is 5.45. The number of hydrogen-bond acceptors (Lipinski definition) is 2. The van der Waals surface area contributed by atoms with Gasteiger partial charge in [-0.05, 0) is 30.5 Å². The molecule has 0 radical (unpaired) electrons. The Morgan fingerprint density at radius 1 is 1.10 bits per heavy atom. The van der Waals surface area contributed by atoms with E-state index >= 15 is 0 Å². The minimum absolute atomic E-state index is 0.0170. The second-order valence-corrected chi connectivity index (χ2v) is 5.45. The largest absolute Gasteiger partial charge is 0.320 e. The molecule has 0 saturated heterocycles. The van der Waals surface area contributed by atoms with Crippen molar-refractivity contribution in [2.24, 2.45) is 5.73 Å². The van der Waals surface area contributed by atoms with Gasteiger partial charge in [0.15, 0.2) is 0 Å². The van der Waals surface area contributed by atoms with Gasteiger partial charge < -0.3 is 10.6 Å². The smallest absolute Gasteiger partial charge is 0.243 e. The second kappa shape index (κ2) is 5.70. The van der Waals surface area contributed by atoms with Crippen LogP contribution in [0.15, 0.2) is 54.6 Å². The van der Waals surface area contributed by atoms with Gasteiger partial charge in [-0.15, -0.1) is 0 Å². The van der Waals surface area contributed by atoms with Crippen LogP contribution in [-0.4, -0.2) is 18.5 Å². The molecule has 3 rings (SSSR count). The van der Waals surface area contributed by atoms with Crippen molar-refractivity contribution < 1.29 is 4.79 Å². The summed E-state index contributed by atoms with van der Waals surface area (Å²) in [6.07, 6.45) is 0.649. The SMILES string of the molecule is CCN1C(=O)C(N)CC(c2ccccc2)c2ccccc21. The van der Waals surface area contributed by atoms with Gasteiger partial charge in [-0.2, -0.15) is 0 Å². The number of hydrogen-bond donors (Lipinski definition) is 1. The average Bonchev–Trinajstić information content (AvgIpc) is 2.64. The summed E-state index contributed by atoms with van der Waals surface area (Å²) in [4.78, 5) is 14.3. The summed E-state index contributed by atoms with van der Waals surface area (Å²) >= 11 is 0. The number of amides is 1. The maximum Gasteiger partial charge on any atom is 0.243 e. The summed E-state index contributed by atoms with van der Waals surface area (Å²) in [5.41, 5.74) is 9.55. The molecule has 0 spiro atoms. The fourth-order valence-corrected chi connectivity index (χ4v) is 3.16. The standard InChI is InChI=1S/C18H20N2O/c1-2-20-17-11-7-6-10-14(17)15(12-16(19)18(20)21)13-8-4-3-5-9-13/h3-11,15-16H,2,12,19H2,1H3. The molecule has 0 bridgehead atoms. The molecule has 1 aliphatic heterocycles. The van der Waals surface area contributed by atoms with Gasteiger partial charge in [0.05, 0.1) is 6.04 Å². The molecule has 1 aliphatic rings. The first-order valence-electron chi connectivity index (χ1n) is 7.43. The summed E-state index contributed by atoms with van der Waals surface area (Å²) in [5, 5.41) is 0. The predicted molar refractivity (Wildman–Crippen MR) is 85.3 cm³/mol. The molecule has 1 amide bonds. The minimum Gasteiger partial charge on any atom is -0.320 e. The molecule has 2 aromatic rings. The highest BCUT2D eigenvalue weighted by molar-refractivity contribution is 5.98. The maximum atomic E-state index is 12.5. The number of benzene rings is 2. The van der Waals surface area contributed by atoms with Crippen LogP contribution < -0.4 is 10.6 Å². The molecule has 2 N–H and O–H groups in total. The van der Waals surface area contributed by atoms with Crippen LogP contribution in [0, 0.1) is 0 Å². The number of likely N-dealkylation sites (N-methyl/N-ethyl adjacent to an activating group) is 1. The van der Waals surface area contributed by atoms with E-state index in [1.807, 2.05) is 48.2 Å². The van der Waals surface area contributed by atoms with Crippen LogP contribution in [0.3, 0.4) is 0 Å². The lowest BCUT2D eigenvalue weighted by atomic mass is 9.86. The van der Waals surface area contributed by atoms with E-state index in [-0.39, 0.29) is 11.8 Å². The van der Waals surface area contributed by atoms with Crippen molar-refractivity contribution in [3.8, 4) is 0 Å². The summed E-state index contributed by atoms with van der Waals surface area (Å²) in [6.45, 7) is 2.63. The monoisotopic (exact) mass is 280 g/mol. The Bertz CT molecular complexity index is 639. The van der Waals surface area contributed by atoms with E-state index in [4.69, 9.17) is 5.73 Å². The van der Waals surface area contributed by atoms with Crippen LogP contribution in [-0.2, 0) is 4.79 Å². The van der Waals surface area contributed by atoms with Gasteiger partial charge in [0.2, 0.25) is 5.91 Å². The third kappa shape index (κ3) is 2.45. The average molecular weight is 280 g/mol. The summed E-state index contributed by atoms with van der Waals surface area (Å²) in [7, 11) is 0. The highest BCUT2D eigenvalue weighted by Crippen LogP contribution is 2.38. The van der Waals surface area contributed by atoms with E-state index in [0.29, 0.717) is 13.0 Å². The van der Waals surface area contributed by atoms with Crippen LogP contribution in [0.5, 0.6) is 0 Å². The van der Waals surface area contributed by atoms with Gasteiger partial charge in [0.25, 0.3) is 0 Å². The van der Waals surface area contributed by atoms with E-state index in [9.17, 15) is 4.79 Å². The number of anilines is 1.